The van der Waals surface area contributed by atoms with Crippen molar-refractivity contribution < 1.29 is 32.7 Å². The molecule has 1 radical (unpaired) electrons. The van der Waals surface area contributed by atoms with Gasteiger partial charge < -0.3 is 20.3 Å². The third kappa shape index (κ3) is 4.66. The summed E-state index contributed by atoms with van der Waals surface area (Å²) in [6.07, 6.45) is 2.54. The fourth-order valence-corrected chi connectivity index (χ4v) is 3.51. The molecule has 2 aromatic rings. The number of hydrogen-bond acceptors (Lipinski definition) is 4. The number of hydrogen-bond donors (Lipinski definition) is 0. The molecule has 5 rings (SSSR count). The van der Waals surface area contributed by atoms with E-state index >= 15 is 0 Å². The smallest absolute Gasteiger partial charge is 0.0369 e. The van der Waals surface area contributed by atoms with E-state index in [9.17, 15) is 0 Å². The molecule has 3 aliphatic heterocycles. The van der Waals surface area contributed by atoms with Crippen LogP contribution in [0.1, 0.15) is 12.8 Å². The first-order valence-electron chi connectivity index (χ1n) is 8.56. The molecule has 0 atom stereocenters. The van der Waals surface area contributed by atoms with Gasteiger partial charge in [-0.1, -0.05) is 12.1 Å². The molecule has 0 amide bonds. The Hall–Kier alpha value is -1.30. The monoisotopic (exact) mass is 408 g/mol. The molecule has 0 N–H and O–H groups in total. The Morgan fingerprint density at radius 3 is 2.48 bits per heavy atom. The topological polar surface area (TPSA) is 45.3 Å². The van der Waals surface area contributed by atoms with Crippen LogP contribution in [0.3, 0.4) is 0 Å². The summed E-state index contributed by atoms with van der Waals surface area (Å²) in [6, 6.07) is 19.5. The van der Waals surface area contributed by atoms with E-state index in [-0.39, 0.29) is 32.7 Å². The SMILES string of the molecule is [Y].[c-]1ccccc1N=N[N-]c1ccc(N2CCN3CCC2CC3)cc1. The molecule has 25 heavy (non-hydrogen) atoms. The summed E-state index contributed by atoms with van der Waals surface area (Å²) < 4.78 is 0. The minimum atomic E-state index is 0. The maximum Gasteiger partial charge on any atom is 0.0369 e. The maximum atomic E-state index is 4.17. The first-order chi connectivity index (χ1) is 11.9. The third-order valence-electron chi connectivity index (χ3n) is 4.84. The van der Waals surface area contributed by atoms with Crippen molar-refractivity contribution in [2.45, 2.75) is 18.9 Å². The average molecular weight is 408 g/mol. The first-order valence-corrected chi connectivity index (χ1v) is 8.56. The van der Waals surface area contributed by atoms with Crippen molar-refractivity contribution in [3.8, 4) is 0 Å². The van der Waals surface area contributed by atoms with E-state index < -0.39 is 0 Å². The molecule has 2 aromatic carbocycles. The fraction of sp³-hybridized carbons (Fsp3) is 0.368. The van der Waals surface area contributed by atoms with Crippen LogP contribution in [0.25, 0.3) is 5.43 Å². The van der Waals surface area contributed by atoms with Gasteiger partial charge in [0.15, 0.2) is 0 Å². The second-order valence-electron chi connectivity index (χ2n) is 6.32. The van der Waals surface area contributed by atoms with Crippen molar-refractivity contribution in [3.63, 3.8) is 0 Å². The minimum absolute atomic E-state index is 0. The molecule has 3 aliphatic rings. The Labute approximate surface area is 174 Å². The Balaban J connectivity index is 0.00000182. The zero-order valence-corrected chi connectivity index (χ0v) is 17.1. The average Bonchev–Trinajstić information content (AvgIpc) is 2.97. The van der Waals surface area contributed by atoms with Gasteiger partial charge in [-0.05, 0) is 30.7 Å². The van der Waals surface area contributed by atoms with Crippen LogP contribution >= 0.6 is 0 Å². The predicted molar refractivity (Wildman–Crippen MR) is 96.1 cm³/mol. The Bertz CT molecular complexity index is 681. The number of fused-ring (bicyclic) bond motifs is 4. The summed E-state index contributed by atoms with van der Waals surface area (Å²) in [6.45, 7) is 4.77. The largest absolute Gasteiger partial charge is 0.377 e. The van der Waals surface area contributed by atoms with Crippen LogP contribution in [-0.2, 0) is 32.7 Å². The Morgan fingerprint density at radius 2 is 1.76 bits per heavy atom. The van der Waals surface area contributed by atoms with Crippen molar-refractivity contribution in [2.75, 3.05) is 31.1 Å². The molecule has 127 valence electrons. The Morgan fingerprint density at radius 1 is 0.960 bits per heavy atom. The number of anilines is 1. The maximum absolute atomic E-state index is 4.17. The van der Waals surface area contributed by atoms with Crippen molar-refractivity contribution in [2.24, 2.45) is 10.3 Å². The quantitative estimate of drug-likeness (QED) is 0.426. The summed E-state index contributed by atoms with van der Waals surface area (Å²) in [5.41, 5.74) is 6.96. The Kier molecular flexibility index (Phi) is 6.57. The molecule has 3 heterocycles. The van der Waals surface area contributed by atoms with Gasteiger partial charge in [-0.25, -0.2) is 0 Å². The van der Waals surface area contributed by atoms with Crippen LogP contribution in [0.4, 0.5) is 17.1 Å². The van der Waals surface area contributed by atoms with Gasteiger partial charge in [0, 0.05) is 70.6 Å². The van der Waals surface area contributed by atoms with E-state index in [2.05, 4.69) is 43.8 Å². The van der Waals surface area contributed by atoms with Crippen LogP contribution in [0.15, 0.2) is 58.9 Å². The summed E-state index contributed by atoms with van der Waals surface area (Å²) in [5, 5.41) is 7.95. The van der Waals surface area contributed by atoms with Gasteiger partial charge in [0.2, 0.25) is 0 Å². The van der Waals surface area contributed by atoms with Gasteiger partial charge in [-0.2, -0.15) is 30.3 Å². The zero-order chi connectivity index (χ0) is 16.2. The van der Waals surface area contributed by atoms with Crippen molar-refractivity contribution in [3.05, 3.63) is 60.0 Å². The van der Waals surface area contributed by atoms with Gasteiger partial charge in [0.25, 0.3) is 0 Å². The summed E-state index contributed by atoms with van der Waals surface area (Å²) in [5.74, 6) is 0. The molecule has 0 aromatic heterocycles. The summed E-state index contributed by atoms with van der Waals surface area (Å²) >= 11 is 0. The molecule has 2 bridgehead atoms. The van der Waals surface area contributed by atoms with Crippen LogP contribution in [0, 0.1) is 6.07 Å². The van der Waals surface area contributed by atoms with E-state index in [1.165, 1.54) is 38.2 Å². The molecule has 3 fully saturated rings. The summed E-state index contributed by atoms with van der Waals surface area (Å²) in [7, 11) is 0. The zero-order valence-electron chi connectivity index (χ0n) is 14.3. The standard InChI is InChI=1S/C19H21N5.Y/c1-2-4-16(5-3-1)20-22-21-17-6-8-18(9-7-17)24-15-14-23-12-10-19(24)11-13-23;/h1-4,6-9,19H,10-15H2;/q-2;. The van der Waals surface area contributed by atoms with Crippen molar-refractivity contribution in [1.82, 2.24) is 4.90 Å². The number of rotatable bonds is 4. The molecular weight excluding hydrogens is 387 g/mol. The van der Waals surface area contributed by atoms with Crippen molar-refractivity contribution >= 4 is 17.1 Å². The van der Waals surface area contributed by atoms with Gasteiger partial charge in [-0.3, -0.25) is 5.22 Å². The van der Waals surface area contributed by atoms with E-state index in [4.69, 9.17) is 0 Å². The van der Waals surface area contributed by atoms with E-state index in [0.717, 1.165) is 12.2 Å². The van der Waals surface area contributed by atoms with E-state index in [1.807, 2.05) is 36.4 Å². The van der Waals surface area contributed by atoms with Gasteiger partial charge >= 0.3 is 0 Å². The van der Waals surface area contributed by atoms with E-state index in [0.29, 0.717) is 11.7 Å². The third-order valence-corrected chi connectivity index (χ3v) is 4.84. The molecule has 3 saturated heterocycles. The molecule has 0 spiro atoms. The van der Waals surface area contributed by atoms with Gasteiger partial charge in [0.1, 0.15) is 0 Å². The van der Waals surface area contributed by atoms with Gasteiger partial charge in [0.05, 0.1) is 0 Å². The van der Waals surface area contributed by atoms with Crippen LogP contribution < -0.4 is 4.90 Å². The van der Waals surface area contributed by atoms with Crippen LogP contribution in [0.5, 0.6) is 0 Å². The number of benzene rings is 2. The molecule has 0 unspecified atom stereocenters. The van der Waals surface area contributed by atoms with Crippen LogP contribution in [0.2, 0.25) is 0 Å². The molecule has 5 nitrogen and oxygen atoms in total. The number of piperidine rings is 1. The van der Waals surface area contributed by atoms with Crippen LogP contribution in [-0.4, -0.2) is 37.1 Å². The molecular formula is C19H21N5Y-2. The predicted octanol–water partition coefficient (Wildman–Crippen LogP) is 4.47. The minimum Gasteiger partial charge on any atom is -0.377 e. The molecule has 0 saturated carbocycles. The fourth-order valence-electron chi connectivity index (χ4n) is 3.51. The first kappa shape index (κ1) is 18.5. The summed E-state index contributed by atoms with van der Waals surface area (Å²) in [4.78, 5) is 5.12. The van der Waals surface area contributed by atoms with Crippen molar-refractivity contribution in [1.29, 1.82) is 0 Å². The van der Waals surface area contributed by atoms with Gasteiger partial charge in [-0.15, -0.1) is 5.69 Å². The second-order valence-corrected chi connectivity index (χ2v) is 6.32. The molecule has 0 aliphatic carbocycles. The molecule has 6 heteroatoms. The van der Waals surface area contributed by atoms with E-state index in [1.54, 1.807) is 0 Å². The number of nitrogens with zero attached hydrogens (tertiary/aromatic N) is 5. The normalized spacial score (nSPS) is 22.5. The second kappa shape index (κ2) is 8.88.